The molecular weight excluding hydrogens is 332 g/mol. The van der Waals surface area contributed by atoms with Gasteiger partial charge in [-0.1, -0.05) is 6.07 Å². The average molecular weight is 354 g/mol. The zero-order chi connectivity index (χ0) is 17.8. The van der Waals surface area contributed by atoms with Gasteiger partial charge >= 0.3 is 0 Å². The van der Waals surface area contributed by atoms with Gasteiger partial charge in [-0.15, -0.1) is 11.3 Å². The van der Waals surface area contributed by atoms with Crippen molar-refractivity contribution < 1.29 is 4.79 Å². The third-order valence-corrected chi connectivity index (χ3v) is 5.42. The predicted molar refractivity (Wildman–Crippen MR) is 99.4 cm³/mol. The van der Waals surface area contributed by atoms with Gasteiger partial charge in [-0.25, -0.2) is 4.98 Å². The van der Waals surface area contributed by atoms with Crippen molar-refractivity contribution in [3.63, 3.8) is 0 Å². The van der Waals surface area contributed by atoms with E-state index >= 15 is 0 Å². The molecular formula is C19H22N4OS. The fourth-order valence-corrected chi connectivity index (χ4v) is 4.03. The van der Waals surface area contributed by atoms with Crippen molar-refractivity contribution in [2.75, 3.05) is 25.0 Å². The lowest BCUT2D eigenvalue weighted by atomic mass is 9.96. The number of piperidine rings is 1. The first-order chi connectivity index (χ1) is 12.1. The first kappa shape index (κ1) is 17.4. The summed E-state index contributed by atoms with van der Waals surface area (Å²) in [7, 11) is 1.87. The van der Waals surface area contributed by atoms with E-state index in [1.54, 1.807) is 11.3 Å². The minimum Gasteiger partial charge on any atom is -0.355 e. The summed E-state index contributed by atoms with van der Waals surface area (Å²) in [5.74, 6) is 0.831. The molecule has 1 aliphatic heterocycles. The van der Waals surface area contributed by atoms with E-state index < -0.39 is 0 Å². The van der Waals surface area contributed by atoms with E-state index in [4.69, 9.17) is 0 Å². The highest BCUT2D eigenvalue weighted by Crippen LogP contribution is 2.26. The van der Waals surface area contributed by atoms with Crippen LogP contribution in [0.25, 0.3) is 0 Å². The number of carbonyl (C=O) groups is 1. The van der Waals surface area contributed by atoms with Crippen LogP contribution in [0.3, 0.4) is 0 Å². The van der Waals surface area contributed by atoms with Gasteiger partial charge < -0.3 is 9.80 Å². The summed E-state index contributed by atoms with van der Waals surface area (Å²) in [6, 6.07) is 9.94. The number of rotatable bonds is 4. The van der Waals surface area contributed by atoms with Crippen LogP contribution >= 0.6 is 11.3 Å². The zero-order valence-corrected chi connectivity index (χ0v) is 15.4. The highest BCUT2D eigenvalue weighted by molar-refractivity contribution is 7.09. The van der Waals surface area contributed by atoms with Gasteiger partial charge in [-0.05, 0) is 43.3 Å². The number of hydrogen-bond acceptors (Lipinski definition) is 5. The van der Waals surface area contributed by atoms with Crippen LogP contribution in [0, 0.1) is 24.2 Å². The van der Waals surface area contributed by atoms with Crippen molar-refractivity contribution in [3.05, 3.63) is 45.8 Å². The van der Waals surface area contributed by atoms with Crippen molar-refractivity contribution in [3.8, 4) is 6.07 Å². The molecule has 3 heterocycles. The molecule has 130 valence electrons. The van der Waals surface area contributed by atoms with Crippen LogP contribution in [-0.2, 0) is 11.3 Å². The molecule has 1 saturated heterocycles. The zero-order valence-electron chi connectivity index (χ0n) is 14.6. The van der Waals surface area contributed by atoms with E-state index in [1.165, 1.54) is 4.88 Å². The van der Waals surface area contributed by atoms with E-state index in [0.717, 1.165) is 25.1 Å². The molecule has 5 nitrogen and oxygen atoms in total. The highest BCUT2D eigenvalue weighted by atomic mass is 32.1. The monoisotopic (exact) mass is 354 g/mol. The lowest BCUT2D eigenvalue weighted by Gasteiger charge is -2.35. The van der Waals surface area contributed by atoms with Crippen LogP contribution in [0.15, 0.2) is 29.6 Å². The van der Waals surface area contributed by atoms with Crippen molar-refractivity contribution in [2.45, 2.75) is 26.3 Å². The predicted octanol–water partition coefficient (Wildman–Crippen LogP) is 3.20. The molecule has 6 heteroatoms. The van der Waals surface area contributed by atoms with Crippen LogP contribution in [0.5, 0.6) is 0 Å². The van der Waals surface area contributed by atoms with Gasteiger partial charge in [-0.3, -0.25) is 4.79 Å². The second-order valence-electron chi connectivity index (χ2n) is 6.49. The summed E-state index contributed by atoms with van der Waals surface area (Å²) >= 11 is 1.67. The standard InChI is InChI=1S/C19H22N4OS/c1-14-7-8-15(11-20)18(21-14)23-9-3-5-16(12-23)19(24)22(2)13-17-6-4-10-25-17/h4,6-8,10,16H,3,5,9,12-13H2,1-2H3. The molecule has 1 atom stereocenters. The maximum absolute atomic E-state index is 12.8. The van der Waals surface area contributed by atoms with E-state index in [2.05, 4.69) is 22.0 Å². The molecule has 0 spiro atoms. The fourth-order valence-electron chi connectivity index (χ4n) is 3.27. The van der Waals surface area contributed by atoms with E-state index in [0.29, 0.717) is 24.5 Å². The second-order valence-corrected chi connectivity index (χ2v) is 7.53. The Morgan fingerprint density at radius 3 is 3.04 bits per heavy atom. The summed E-state index contributed by atoms with van der Waals surface area (Å²) in [5.41, 5.74) is 1.46. The number of anilines is 1. The molecule has 0 aromatic carbocycles. The van der Waals surface area contributed by atoms with Gasteiger partial charge in [0.05, 0.1) is 18.0 Å². The number of thiophene rings is 1. The highest BCUT2D eigenvalue weighted by Gasteiger charge is 2.29. The first-order valence-electron chi connectivity index (χ1n) is 8.48. The summed E-state index contributed by atoms with van der Waals surface area (Å²) in [4.78, 5) is 22.5. The fraction of sp³-hybridized carbons (Fsp3) is 0.421. The van der Waals surface area contributed by atoms with Crippen LogP contribution in [0.4, 0.5) is 5.82 Å². The molecule has 1 aliphatic rings. The van der Waals surface area contributed by atoms with Crippen molar-refractivity contribution in [2.24, 2.45) is 5.92 Å². The Balaban J connectivity index is 1.72. The second kappa shape index (κ2) is 7.66. The number of amides is 1. The lowest BCUT2D eigenvalue weighted by molar-refractivity contribution is -0.135. The number of pyridine rings is 1. The maximum atomic E-state index is 12.8. The largest absolute Gasteiger partial charge is 0.355 e. The molecule has 0 radical (unpaired) electrons. The van der Waals surface area contributed by atoms with Gasteiger partial charge in [0.15, 0.2) is 0 Å². The van der Waals surface area contributed by atoms with Crippen LogP contribution in [0.1, 0.15) is 29.0 Å². The first-order valence-corrected chi connectivity index (χ1v) is 9.36. The molecule has 3 rings (SSSR count). The van der Waals surface area contributed by atoms with Crippen molar-refractivity contribution >= 4 is 23.1 Å². The molecule has 2 aromatic rings. The minimum absolute atomic E-state index is 0.0485. The van der Waals surface area contributed by atoms with Crippen molar-refractivity contribution in [1.29, 1.82) is 5.26 Å². The molecule has 1 unspecified atom stereocenters. The van der Waals surface area contributed by atoms with Gasteiger partial charge in [0, 0.05) is 30.7 Å². The Labute approximate surface area is 152 Å². The van der Waals surface area contributed by atoms with Crippen LogP contribution in [0.2, 0.25) is 0 Å². The Kier molecular flexibility index (Phi) is 5.34. The summed E-state index contributed by atoms with van der Waals surface area (Å²) in [6.45, 7) is 4.04. The topological polar surface area (TPSA) is 60.2 Å². The summed E-state index contributed by atoms with van der Waals surface area (Å²) in [6.07, 6.45) is 1.82. The lowest BCUT2D eigenvalue weighted by Crippen LogP contribution is -2.44. The van der Waals surface area contributed by atoms with E-state index in [1.807, 2.05) is 42.5 Å². The van der Waals surface area contributed by atoms with Gasteiger partial charge in [0.2, 0.25) is 5.91 Å². The molecule has 0 bridgehead atoms. The molecule has 2 aromatic heterocycles. The van der Waals surface area contributed by atoms with Gasteiger partial charge in [0.25, 0.3) is 0 Å². The number of nitriles is 1. The summed E-state index contributed by atoms with van der Waals surface area (Å²) in [5, 5.41) is 11.4. The number of nitrogens with zero attached hydrogens (tertiary/aromatic N) is 4. The molecule has 0 N–H and O–H groups in total. The van der Waals surface area contributed by atoms with Gasteiger partial charge in [-0.2, -0.15) is 5.26 Å². The quantitative estimate of drug-likeness (QED) is 0.846. The third kappa shape index (κ3) is 3.99. The van der Waals surface area contributed by atoms with E-state index in [9.17, 15) is 10.1 Å². The summed E-state index contributed by atoms with van der Waals surface area (Å²) < 4.78 is 0. The number of hydrogen-bond donors (Lipinski definition) is 0. The van der Waals surface area contributed by atoms with Crippen molar-refractivity contribution in [1.82, 2.24) is 9.88 Å². The number of carbonyl (C=O) groups excluding carboxylic acids is 1. The Hall–Kier alpha value is -2.39. The Morgan fingerprint density at radius 2 is 2.32 bits per heavy atom. The molecule has 25 heavy (non-hydrogen) atoms. The maximum Gasteiger partial charge on any atom is 0.227 e. The smallest absolute Gasteiger partial charge is 0.227 e. The van der Waals surface area contributed by atoms with Crippen LogP contribution in [-0.4, -0.2) is 35.9 Å². The average Bonchev–Trinajstić information content (AvgIpc) is 3.14. The Bertz CT molecular complexity index is 781. The Morgan fingerprint density at radius 1 is 1.48 bits per heavy atom. The molecule has 0 saturated carbocycles. The molecule has 1 amide bonds. The minimum atomic E-state index is -0.0485. The molecule has 0 aliphatic carbocycles. The van der Waals surface area contributed by atoms with Gasteiger partial charge in [0.1, 0.15) is 11.9 Å². The van der Waals surface area contributed by atoms with E-state index in [-0.39, 0.29) is 11.8 Å². The number of aryl methyl sites for hydroxylation is 1. The molecule has 1 fully saturated rings. The normalized spacial score (nSPS) is 17.2. The SMILES string of the molecule is Cc1ccc(C#N)c(N2CCCC(C(=O)N(C)Cc3cccs3)C2)n1. The van der Waals surface area contributed by atoms with Crippen LogP contribution < -0.4 is 4.90 Å². The third-order valence-electron chi connectivity index (χ3n) is 4.55. The number of aromatic nitrogens is 1.